The molecule has 0 spiro atoms. The van der Waals surface area contributed by atoms with Crippen LogP contribution in [0, 0.1) is 11.3 Å². The van der Waals surface area contributed by atoms with Gasteiger partial charge in [-0.25, -0.2) is 0 Å². The molecule has 0 aromatic carbocycles. The number of hydrogen-bond donors (Lipinski definition) is 1. The zero-order chi connectivity index (χ0) is 12.8. The zero-order valence-electron chi connectivity index (χ0n) is 8.10. The number of halogens is 5. The first kappa shape index (κ1) is 15.4. The van der Waals surface area contributed by atoms with Crippen LogP contribution >= 0.6 is 11.8 Å². The van der Waals surface area contributed by atoms with Gasteiger partial charge in [0.25, 0.3) is 0 Å². The summed E-state index contributed by atoms with van der Waals surface area (Å²) in [6.07, 6.45) is -7.55. The predicted octanol–water partition coefficient (Wildman–Crippen LogP) is 2.58. The smallest absolute Gasteiger partial charge is 0.396 e. The molecule has 0 bridgehead atoms. The average molecular weight is 263 g/mol. The molecule has 0 amide bonds. The molecule has 94 valence electrons. The predicted molar refractivity (Wildman–Crippen MR) is 49.2 cm³/mol. The van der Waals surface area contributed by atoms with E-state index in [4.69, 9.17) is 10.4 Å². The summed E-state index contributed by atoms with van der Waals surface area (Å²) in [4.78, 5) is 0. The number of alkyl halides is 5. The van der Waals surface area contributed by atoms with Gasteiger partial charge in [0.15, 0.2) is 0 Å². The fraction of sp³-hybridized carbons (Fsp3) is 0.875. The van der Waals surface area contributed by atoms with Crippen LogP contribution in [0.15, 0.2) is 0 Å². The van der Waals surface area contributed by atoms with Crippen molar-refractivity contribution < 1.29 is 27.1 Å². The van der Waals surface area contributed by atoms with Gasteiger partial charge in [-0.15, -0.1) is 11.8 Å². The fourth-order valence-corrected chi connectivity index (χ4v) is 1.58. The number of aliphatic hydroxyl groups is 1. The number of hydrogen-bond acceptors (Lipinski definition) is 3. The van der Waals surface area contributed by atoms with Gasteiger partial charge >= 0.3 is 12.1 Å². The molecule has 0 aromatic rings. The van der Waals surface area contributed by atoms with E-state index in [1.54, 1.807) is 6.07 Å². The molecule has 1 unspecified atom stereocenters. The molecule has 0 saturated carbocycles. The van der Waals surface area contributed by atoms with Crippen LogP contribution in [0.5, 0.6) is 0 Å². The van der Waals surface area contributed by atoms with Crippen LogP contribution in [0.25, 0.3) is 0 Å². The highest BCUT2D eigenvalue weighted by atomic mass is 32.2. The molecule has 0 radical (unpaired) electrons. The van der Waals surface area contributed by atoms with Crippen LogP contribution in [-0.2, 0) is 0 Å². The Hall–Kier alpha value is -0.550. The second-order valence-corrected chi connectivity index (χ2v) is 4.26. The van der Waals surface area contributed by atoms with E-state index in [1.807, 2.05) is 0 Å². The van der Waals surface area contributed by atoms with Crippen molar-refractivity contribution in [1.82, 2.24) is 0 Å². The van der Waals surface area contributed by atoms with Crippen molar-refractivity contribution in [1.29, 1.82) is 5.26 Å². The quantitative estimate of drug-likeness (QED) is 0.749. The Bertz CT molecular complexity index is 250. The highest BCUT2D eigenvalue weighted by Gasteiger charge is 2.56. The molecule has 0 fully saturated rings. The second-order valence-electron chi connectivity index (χ2n) is 2.95. The zero-order valence-corrected chi connectivity index (χ0v) is 8.91. The minimum atomic E-state index is -5.57. The lowest BCUT2D eigenvalue weighted by atomic mass is 10.1. The van der Waals surface area contributed by atoms with Gasteiger partial charge in [-0.1, -0.05) is 0 Å². The summed E-state index contributed by atoms with van der Waals surface area (Å²) < 4.78 is 60.2. The largest absolute Gasteiger partial charge is 0.453 e. The van der Waals surface area contributed by atoms with E-state index in [2.05, 4.69) is 0 Å². The van der Waals surface area contributed by atoms with E-state index in [-0.39, 0.29) is 12.4 Å². The maximum atomic E-state index is 12.5. The van der Waals surface area contributed by atoms with Crippen molar-refractivity contribution in [2.24, 2.45) is 0 Å². The first-order chi connectivity index (χ1) is 7.24. The van der Waals surface area contributed by atoms with Crippen molar-refractivity contribution >= 4 is 11.8 Å². The third kappa shape index (κ3) is 4.99. The SMILES string of the molecule is N#CC(CCC(F)(F)C(F)(F)F)SCCO. The summed E-state index contributed by atoms with van der Waals surface area (Å²) in [5.74, 6) is -4.63. The second kappa shape index (κ2) is 6.25. The van der Waals surface area contributed by atoms with Crippen LogP contribution in [0.1, 0.15) is 12.8 Å². The molecule has 0 aliphatic heterocycles. The van der Waals surface area contributed by atoms with Gasteiger partial charge in [0.1, 0.15) is 0 Å². The van der Waals surface area contributed by atoms with Gasteiger partial charge in [-0.05, 0) is 6.42 Å². The van der Waals surface area contributed by atoms with E-state index < -0.39 is 30.2 Å². The molecule has 1 atom stereocenters. The number of rotatable bonds is 6. The Balaban J connectivity index is 4.17. The van der Waals surface area contributed by atoms with Crippen LogP contribution in [0.2, 0.25) is 0 Å². The lowest BCUT2D eigenvalue weighted by molar-refractivity contribution is -0.284. The van der Waals surface area contributed by atoms with Crippen molar-refractivity contribution in [3.05, 3.63) is 0 Å². The summed E-state index contributed by atoms with van der Waals surface area (Å²) >= 11 is 0.861. The lowest BCUT2D eigenvalue weighted by Gasteiger charge is -2.20. The number of nitrogens with zero attached hydrogens (tertiary/aromatic N) is 1. The molecular formula is C8H10F5NOS. The number of thioether (sulfide) groups is 1. The van der Waals surface area contributed by atoms with E-state index in [9.17, 15) is 22.0 Å². The Kier molecular flexibility index (Phi) is 6.04. The molecule has 2 nitrogen and oxygen atoms in total. The fourth-order valence-electron chi connectivity index (χ4n) is 0.834. The molecule has 0 saturated heterocycles. The molecule has 16 heavy (non-hydrogen) atoms. The molecule has 0 aliphatic carbocycles. The van der Waals surface area contributed by atoms with Gasteiger partial charge in [0.05, 0.1) is 17.9 Å². The van der Waals surface area contributed by atoms with E-state index >= 15 is 0 Å². The van der Waals surface area contributed by atoms with Gasteiger partial charge < -0.3 is 5.11 Å². The van der Waals surface area contributed by atoms with Gasteiger partial charge in [0, 0.05) is 12.2 Å². The summed E-state index contributed by atoms with van der Waals surface area (Å²) in [5, 5.41) is 15.9. The first-order valence-electron chi connectivity index (χ1n) is 4.31. The first-order valence-corrected chi connectivity index (χ1v) is 5.36. The van der Waals surface area contributed by atoms with Crippen molar-refractivity contribution in [3.8, 4) is 6.07 Å². The van der Waals surface area contributed by atoms with Gasteiger partial charge in [-0.3, -0.25) is 0 Å². The molecule has 0 rings (SSSR count). The normalized spacial score (nSPS) is 14.6. The summed E-state index contributed by atoms with van der Waals surface area (Å²) in [5.41, 5.74) is 0. The van der Waals surface area contributed by atoms with Crippen LogP contribution in [-0.4, -0.2) is 34.8 Å². The topological polar surface area (TPSA) is 44.0 Å². The minimum absolute atomic E-state index is 0.135. The molecule has 0 aliphatic rings. The van der Waals surface area contributed by atoms with Crippen molar-refractivity contribution in [3.63, 3.8) is 0 Å². The van der Waals surface area contributed by atoms with Crippen molar-refractivity contribution in [2.45, 2.75) is 30.2 Å². The molecule has 0 heterocycles. The monoisotopic (exact) mass is 263 g/mol. The van der Waals surface area contributed by atoms with Crippen LogP contribution in [0.3, 0.4) is 0 Å². The Morgan fingerprint density at radius 1 is 1.25 bits per heavy atom. The highest BCUT2D eigenvalue weighted by molar-refractivity contribution is 8.00. The summed E-state index contributed by atoms with van der Waals surface area (Å²) in [6, 6.07) is 1.61. The molecular weight excluding hydrogens is 253 g/mol. The van der Waals surface area contributed by atoms with Crippen LogP contribution < -0.4 is 0 Å². The third-order valence-electron chi connectivity index (χ3n) is 1.69. The van der Waals surface area contributed by atoms with E-state index in [1.165, 1.54) is 0 Å². The number of aliphatic hydroxyl groups excluding tert-OH is 1. The minimum Gasteiger partial charge on any atom is -0.396 e. The Morgan fingerprint density at radius 3 is 2.19 bits per heavy atom. The van der Waals surface area contributed by atoms with Gasteiger partial charge in [-0.2, -0.15) is 27.2 Å². The third-order valence-corrected chi connectivity index (χ3v) is 2.85. The van der Waals surface area contributed by atoms with E-state index in [0.29, 0.717) is 0 Å². The maximum Gasteiger partial charge on any atom is 0.453 e. The van der Waals surface area contributed by atoms with E-state index in [0.717, 1.165) is 11.8 Å². The average Bonchev–Trinajstić information content (AvgIpc) is 2.16. The number of nitriles is 1. The van der Waals surface area contributed by atoms with Gasteiger partial charge in [0.2, 0.25) is 0 Å². The molecule has 1 N–H and O–H groups in total. The maximum absolute atomic E-state index is 12.5. The Morgan fingerprint density at radius 2 is 1.81 bits per heavy atom. The Labute approximate surface area is 93.4 Å². The molecule has 0 aromatic heterocycles. The van der Waals surface area contributed by atoms with Crippen molar-refractivity contribution in [2.75, 3.05) is 12.4 Å². The standard InChI is InChI=1S/C8H10F5NOS/c9-7(10,8(11,12)13)2-1-6(5-14)16-4-3-15/h6,15H,1-4H2. The molecule has 8 heteroatoms. The highest BCUT2D eigenvalue weighted by Crippen LogP contribution is 2.39. The van der Waals surface area contributed by atoms with Crippen LogP contribution in [0.4, 0.5) is 22.0 Å². The summed E-state index contributed by atoms with van der Waals surface area (Å²) in [6.45, 7) is -0.251. The summed E-state index contributed by atoms with van der Waals surface area (Å²) in [7, 11) is 0. The lowest BCUT2D eigenvalue weighted by Crippen LogP contribution is -2.36.